The summed E-state index contributed by atoms with van der Waals surface area (Å²) in [4.78, 5) is 16.0. The van der Waals surface area contributed by atoms with Gasteiger partial charge in [0.1, 0.15) is 6.54 Å². The van der Waals surface area contributed by atoms with E-state index in [1.807, 2.05) is 18.2 Å². The summed E-state index contributed by atoms with van der Waals surface area (Å²) in [6.45, 7) is 1.60. The minimum Gasteiger partial charge on any atom is -0.379 e. The second-order valence-electron chi connectivity index (χ2n) is 5.77. The molecule has 2 aromatic rings. The maximum absolute atomic E-state index is 12.5. The van der Waals surface area contributed by atoms with E-state index in [9.17, 15) is 13.2 Å². The number of halogens is 1. The number of aromatic nitrogens is 2. The van der Waals surface area contributed by atoms with Crippen molar-refractivity contribution in [3.63, 3.8) is 0 Å². The minimum atomic E-state index is -3.67. The highest BCUT2D eigenvalue weighted by Crippen LogP contribution is 2.15. The number of rotatable bonds is 6. The normalized spacial score (nSPS) is 15.7. The molecule has 1 amide bonds. The highest BCUT2D eigenvalue weighted by Gasteiger charge is 2.28. The van der Waals surface area contributed by atoms with Gasteiger partial charge in [-0.05, 0) is 11.6 Å². The number of hydrogen-bond acceptors (Lipinski definition) is 5. The summed E-state index contributed by atoms with van der Waals surface area (Å²) in [7, 11) is -3.67. The van der Waals surface area contributed by atoms with Crippen LogP contribution in [0, 0.1) is 0 Å². The molecule has 140 valence electrons. The van der Waals surface area contributed by atoms with Crippen molar-refractivity contribution in [1.29, 1.82) is 0 Å². The van der Waals surface area contributed by atoms with E-state index in [0.29, 0.717) is 37.9 Å². The van der Waals surface area contributed by atoms with Gasteiger partial charge in [0.15, 0.2) is 5.03 Å². The van der Waals surface area contributed by atoms with Gasteiger partial charge >= 0.3 is 0 Å². The van der Waals surface area contributed by atoms with Gasteiger partial charge in [0, 0.05) is 30.9 Å². The number of hydrogen-bond donors (Lipinski definition) is 1. The Morgan fingerprint density at radius 2 is 2.00 bits per heavy atom. The average molecular weight is 399 g/mol. The predicted molar refractivity (Wildman–Crippen MR) is 95.1 cm³/mol. The van der Waals surface area contributed by atoms with E-state index in [-0.39, 0.29) is 17.5 Å². The summed E-state index contributed by atoms with van der Waals surface area (Å²) >= 11 is 6.05. The second-order valence-corrected chi connectivity index (χ2v) is 8.06. The van der Waals surface area contributed by atoms with Crippen LogP contribution >= 0.6 is 11.6 Å². The lowest BCUT2D eigenvalue weighted by Crippen LogP contribution is -2.40. The van der Waals surface area contributed by atoms with Crippen molar-refractivity contribution in [3.8, 4) is 0 Å². The van der Waals surface area contributed by atoms with Gasteiger partial charge in [-0.25, -0.2) is 13.4 Å². The van der Waals surface area contributed by atoms with Gasteiger partial charge in [0.25, 0.3) is 10.0 Å². The Morgan fingerprint density at radius 3 is 2.73 bits per heavy atom. The summed E-state index contributed by atoms with van der Waals surface area (Å²) in [6, 6.07) is 7.23. The number of nitrogens with one attached hydrogen (secondary N) is 1. The van der Waals surface area contributed by atoms with E-state index < -0.39 is 10.0 Å². The molecule has 3 rings (SSSR count). The largest absolute Gasteiger partial charge is 0.379 e. The van der Waals surface area contributed by atoms with Crippen LogP contribution in [-0.2, 0) is 32.6 Å². The molecule has 26 heavy (non-hydrogen) atoms. The Bertz CT molecular complexity index is 878. The zero-order valence-corrected chi connectivity index (χ0v) is 15.5. The summed E-state index contributed by atoms with van der Waals surface area (Å²) in [5.74, 6) is -0.266. The molecular weight excluding hydrogens is 380 g/mol. The lowest BCUT2D eigenvalue weighted by Gasteiger charge is -2.24. The highest BCUT2D eigenvalue weighted by molar-refractivity contribution is 7.89. The van der Waals surface area contributed by atoms with Crippen molar-refractivity contribution in [2.45, 2.75) is 18.1 Å². The number of benzene rings is 1. The van der Waals surface area contributed by atoms with Crippen LogP contribution in [0.4, 0.5) is 0 Å². The van der Waals surface area contributed by atoms with Crippen molar-refractivity contribution in [1.82, 2.24) is 19.2 Å². The van der Waals surface area contributed by atoms with Crippen LogP contribution in [0.1, 0.15) is 5.56 Å². The number of nitrogens with zero attached hydrogens (tertiary/aromatic N) is 3. The first-order valence-corrected chi connectivity index (χ1v) is 9.88. The smallest absolute Gasteiger partial charge is 0.262 e. The lowest BCUT2D eigenvalue weighted by atomic mass is 10.2. The standard InChI is InChI=1S/C16H19ClN4O4S/c17-14-4-2-1-3-13(14)9-18-15(22)10-20-11-16(19-12-20)26(23,24)21-5-7-25-8-6-21/h1-4,11-12H,5-10H2,(H,18,22). The molecule has 1 fully saturated rings. The summed E-state index contributed by atoms with van der Waals surface area (Å²) < 4.78 is 33.0. The molecule has 1 aromatic heterocycles. The van der Waals surface area contributed by atoms with Crippen molar-refractivity contribution in [2.24, 2.45) is 0 Å². The number of amides is 1. The van der Waals surface area contributed by atoms with Gasteiger partial charge < -0.3 is 14.6 Å². The summed E-state index contributed by atoms with van der Waals surface area (Å²) in [5, 5.41) is 3.26. The molecule has 0 spiro atoms. The van der Waals surface area contributed by atoms with E-state index in [1.54, 1.807) is 6.07 Å². The number of sulfonamides is 1. The molecule has 8 nitrogen and oxygen atoms in total. The summed E-state index contributed by atoms with van der Waals surface area (Å²) in [5.41, 5.74) is 0.809. The van der Waals surface area contributed by atoms with Crippen molar-refractivity contribution in [2.75, 3.05) is 26.3 Å². The monoisotopic (exact) mass is 398 g/mol. The molecule has 1 saturated heterocycles. The Morgan fingerprint density at radius 1 is 1.27 bits per heavy atom. The van der Waals surface area contributed by atoms with E-state index in [4.69, 9.17) is 16.3 Å². The van der Waals surface area contributed by atoms with Gasteiger partial charge in [-0.3, -0.25) is 4.79 Å². The quantitative estimate of drug-likeness (QED) is 0.779. The maximum atomic E-state index is 12.5. The van der Waals surface area contributed by atoms with Crippen LogP contribution in [0.3, 0.4) is 0 Å². The fraction of sp³-hybridized carbons (Fsp3) is 0.375. The lowest BCUT2D eigenvalue weighted by molar-refractivity contribution is -0.121. The van der Waals surface area contributed by atoms with Crippen LogP contribution in [0.25, 0.3) is 0 Å². The first kappa shape index (κ1) is 18.8. The van der Waals surface area contributed by atoms with Crippen molar-refractivity contribution >= 4 is 27.5 Å². The second kappa shape index (κ2) is 8.17. The Kier molecular flexibility index (Phi) is 5.92. The first-order chi connectivity index (χ1) is 12.5. The van der Waals surface area contributed by atoms with E-state index in [1.165, 1.54) is 21.4 Å². The average Bonchev–Trinajstić information content (AvgIpc) is 3.11. The maximum Gasteiger partial charge on any atom is 0.262 e. The van der Waals surface area contributed by atoms with E-state index in [2.05, 4.69) is 10.3 Å². The molecule has 0 unspecified atom stereocenters. The fourth-order valence-corrected chi connectivity index (χ4v) is 4.08. The molecule has 0 bridgehead atoms. The number of carbonyl (C=O) groups excluding carboxylic acids is 1. The molecule has 0 saturated carbocycles. The Hall–Kier alpha value is -1.94. The molecule has 0 radical (unpaired) electrons. The van der Waals surface area contributed by atoms with Gasteiger partial charge in [-0.1, -0.05) is 29.8 Å². The van der Waals surface area contributed by atoms with Crippen LogP contribution < -0.4 is 5.32 Å². The zero-order chi connectivity index (χ0) is 18.6. The third-order valence-corrected chi connectivity index (χ3v) is 6.10. The molecule has 1 aliphatic rings. The number of imidazole rings is 1. The Labute approximate surface area is 156 Å². The molecule has 0 aliphatic carbocycles. The SMILES string of the molecule is O=C(Cn1cnc(S(=O)(=O)N2CCOCC2)c1)NCc1ccccc1Cl. The number of ether oxygens (including phenoxy) is 1. The fourth-order valence-electron chi connectivity index (χ4n) is 2.54. The first-order valence-electron chi connectivity index (χ1n) is 8.06. The number of morpholine rings is 1. The minimum absolute atomic E-state index is 0.0317. The molecular formula is C16H19ClN4O4S. The molecule has 1 N–H and O–H groups in total. The van der Waals surface area contributed by atoms with E-state index in [0.717, 1.165) is 5.56 Å². The van der Waals surface area contributed by atoms with Crippen LogP contribution in [-0.4, -0.2) is 54.5 Å². The van der Waals surface area contributed by atoms with Gasteiger partial charge in [-0.15, -0.1) is 0 Å². The third-order valence-electron chi connectivity index (χ3n) is 3.94. The number of carbonyl (C=O) groups is 1. The third kappa shape index (κ3) is 4.42. The van der Waals surface area contributed by atoms with Crippen LogP contribution in [0.2, 0.25) is 5.02 Å². The van der Waals surface area contributed by atoms with Gasteiger partial charge in [0.2, 0.25) is 5.91 Å². The zero-order valence-electron chi connectivity index (χ0n) is 14.0. The molecule has 2 heterocycles. The topological polar surface area (TPSA) is 93.5 Å². The molecule has 1 aliphatic heterocycles. The molecule has 0 atom stereocenters. The highest BCUT2D eigenvalue weighted by atomic mass is 35.5. The van der Waals surface area contributed by atoms with Gasteiger partial charge in [-0.2, -0.15) is 4.31 Å². The Balaban J connectivity index is 1.59. The van der Waals surface area contributed by atoms with E-state index >= 15 is 0 Å². The molecule has 1 aromatic carbocycles. The van der Waals surface area contributed by atoms with Crippen molar-refractivity contribution < 1.29 is 17.9 Å². The van der Waals surface area contributed by atoms with Crippen LogP contribution in [0.5, 0.6) is 0 Å². The predicted octanol–water partition coefficient (Wildman–Crippen LogP) is 0.874. The van der Waals surface area contributed by atoms with Gasteiger partial charge in [0.05, 0.1) is 19.5 Å². The van der Waals surface area contributed by atoms with Crippen LogP contribution in [0.15, 0.2) is 41.8 Å². The van der Waals surface area contributed by atoms with Crippen molar-refractivity contribution in [3.05, 3.63) is 47.4 Å². The summed E-state index contributed by atoms with van der Waals surface area (Å²) in [6.07, 6.45) is 2.70. The molecule has 10 heteroatoms.